The molecule has 2 nitrogen and oxygen atoms in total. The van der Waals surface area contributed by atoms with Crippen molar-refractivity contribution in [3.05, 3.63) is 34.6 Å². The van der Waals surface area contributed by atoms with Crippen LogP contribution < -0.4 is 5.32 Å². The van der Waals surface area contributed by atoms with Crippen LogP contribution in [0.15, 0.2) is 18.2 Å². The number of nitrogens with one attached hydrogen (secondary N) is 1. The minimum Gasteiger partial charge on any atom is -0.311 e. The van der Waals surface area contributed by atoms with E-state index < -0.39 is 0 Å². The van der Waals surface area contributed by atoms with Crippen LogP contribution in [0, 0.1) is 5.82 Å². The van der Waals surface area contributed by atoms with E-state index in [0.29, 0.717) is 23.7 Å². The normalized spacial score (nSPS) is 26.1. The SMILES string of the molecule is CC1CN(Cc2cc(F)ccc2Cl)C(C)CN1. The molecular formula is C13H18ClFN2. The van der Waals surface area contributed by atoms with Crippen molar-refractivity contribution >= 4 is 11.6 Å². The van der Waals surface area contributed by atoms with Gasteiger partial charge in [-0.25, -0.2) is 4.39 Å². The topological polar surface area (TPSA) is 15.3 Å². The number of benzene rings is 1. The Morgan fingerprint density at radius 1 is 1.47 bits per heavy atom. The average Bonchev–Trinajstić information content (AvgIpc) is 2.28. The van der Waals surface area contributed by atoms with Crippen LogP contribution in [0.4, 0.5) is 4.39 Å². The highest BCUT2D eigenvalue weighted by Gasteiger charge is 2.22. The Labute approximate surface area is 107 Å². The molecule has 17 heavy (non-hydrogen) atoms. The molecule has 0 amide bonds. The van der Waals surface area contributed by atoms with Crippen LogP contribution in [0.2, 0.25) is 5.02 Å². The van der Waals surface area contributed by atoms with Gasteiger partial charge in [0.2, 0.25) is 0 Å². The molecule has 94 valence electrons. The molecule has 0 aromatic heterocycles. The zero-order valence-corrected chi connectivity index (χ0v) is 11.0. The summed E-state index contributed by atoms with van der Waals surface area (Å²) >= 11 is 6.09. The average molecular weight is 257 g/mol. The summed E-state index contributed by atoms with van der Waals surface area (Å²) in [5.74, 6) is -0.222. The molecule has 0 bridgehead atoms. The van der Waals surface area contributed by atoms with Crippen LogP contribution in [-0.4, -0.2) is 30.1 Å². The number of nitrogens with zero attached hydrogens (tertiary/aromatic N) is 1. The molecule has 1 aliphatic rings. The second-order valence-corrected chi connectivity index (χ2v) is 5.23. The molecule has 0 saturated carbocycles. The lowest BCUT2D eigenvalue weighted by molar-refractivity contribution is 0.139. The molecule has 1 aromatic rings. The Morgan fingerprint density at radius 2 is 2.24 bits per heavy atom. The van der Waals surface area contributed by atoms with Gasteiger partial charge in [-0.05, 0) is 37.6 Å². The summed E-state index contributed by atoms with van der Waals surface area (Å²) in [6.45, 7) is 6.98. The summed E-state index contributed by atoms with van der Waals surface area (Å²) in [6.07, 6.45) is 0. The first-order valence-electron chi connectivity index (χ1n) is 5.97. The molecule has 1 fully saturated rings. The number of hydrogen-bond acceptors (Lipinski definition) is 2. The van der Waals surface area contributed by atoms with Crippen molar-refractivity contribution in [1.82, 2.24) is 10.2 Å². The molecular weight excluding hydrogens is 239 g/mol. The molecule has 1 aromatic carbocycles. The van der Waals surface area contributed by atoms with Crippen LogP contribution in [0.5, 0.6) is 0 Å². The Hall–Kier alpha value is -0.640. The van der Waals surface area contributed by atoms with Crippen molar-refractivity contribution in [3.8, 4) is 0 Å². The van der Waals surface area contributed by atoms with Crippen LogP contribution in [-0.2, 0) is 6.54 Å². The molecule has 0 spiro atoms. The minimum atomic E-state index is -0.222. The third kappa shape index (κ3) is 3.18. The van der Waals surface area contributed by atoms with Crippen LogP contribution >= 0.6 is 11.6 Å². The monoisotopic (exact) mass is 256 g/mol. The molecule has 0 radical (unpaired) electrons. The predicted octanol–water partition coefficient (Wildman–Crippen LogP) is 2.66. The third-order valence-electron chi connectivity index (χ3n) is 3.27. The van der Waals surface area contributed by atoms with Crippen molar-refractivity contribution in [2.75, 3.05) is 13.1 Å². The summed E-state index contributed by atoms with van der Waals surface area (Å²) < 4.78 is 13.2. The summed E-state index contributed by atoms with van der Waals surface area (Å²) in [6, 6.07) is 5.48. The minimum absolute atomic E-state index is 0.222. The zero-order valence-electron chi connectivity index (χ0n) is 10.2. The van der Waals surface area contributed by atoms with E-state index in [0.717, 1.165) is 18.7 Å². The fourth-order valence-electron chi connectivity index (χ4n) is 2.20. The summed E-state index contributed by atoms with van der Waals surface area (Å²) in [5.41, 5.74) is 0.868. The lowest BCUT2D eigenvalue weighted by Crippen LogP contribution is -2.53. The van der Waals surface area contributed by atoms with Gasteiger partial charge in [0.25, 0.3) is 0 Å². The molecule has 2 atom stereocenters. The third-order valence-corrected chi connectivity index (χ3v) is 3.64. The van der Waals surface area contributed by atoms with Crippen molar-refractivity contribution < 1.29 is 4.39 Å². The molecule has 1 aliphatic heterocycles. The second-order valence-electron chi connectivity index (χ2n) is 4.82. The first-order valence-corrected chi connectivity index (χ1v) is 6.35. The highest BCUT2D eigenvalue weighted by molar-refractivity contribution is 6.31. The molecule has 1 heterocycles. The van der Waals surface area contributed by atoms with Crippen LogP contribution in [0.25, 0.3) is 0 Å². The van der Waals surface area contributed by atoms with E-state index in [4.69, 9.17) is 11.6 Å². The van der Waals surface area contributed by atoms with E-state index in [1.165, 1.54) is 12.1 Å². The van der Waals surface area contributed by atoms with E-state index in [1.807, 2.05) is 0 Å². The number of halogens is 2. The van der Waals surface area contributed by atoms with Gasteiger partial charge in [0.1, 0.15) is 5.82 Å². The number of rotatable bonds is 2. The molecule has 1 N–H and O–H groups in total. The van der Waals surface area contributed by atoms with Crippen molar-refractivity contribution in [2.45, 2.75) is 32.5 Å². The molecule has 1 saturated heterocycles. The molecule has 4 heteroatoms. The second kappa shape index (κ2) is 5.34. The largest absolute Gasteiger partial charge is 0.311 e. The molecule has 2 unspecified atom stereocenters. The Kier molecular flexibility index (Phi) is 4.02. The van der Waals surface area contributed by atoms with Crippen molar-refractivity contribution in [1.29, 1.82) is 0 Å². The fourth-order valence-corrected chi connectivity index (χ4v) is 2.38. The molecule has 0 aliphatic carbocycles. The summed E-state index contributed by atoms with van der Waals surface area (Å²) in [5, 5.41) is 4.07. The zero-order chi connectivity index (χ0) is 12.4. The van der Waals surface area contributed by atoms with E-state index in [1.54, 1.807) is 6.07 Å². The Balaban J connectivity index is 2.11. The van der Waals surface area contributed by atoms with E-state index in [-0.39, 0.29) is 5.82 Å². The lowest BCUT2D eigenvalue weighted by atomic mass is 10.1. The lowest BCUT2D eigenvalue weighted by Gasteiger charge is -2.37. The first kappa shape index (κ1) is 12.8. The van der Waals surface area contributed by atoms with Gasteiger partial charge in [-0.15, -0.1) is 0 Å². The van der Waals surface area contributed by atoms with Crippen molar-refractivity contribution in [2.24, 2.45) is 0 Å². The smallest absolute Gasteiger partial charge is 0.123 e. The van der Waals surface area contributed by atoms with E-state index >= 15 is 0 Å². The fraction of sp³-hybridized carbons (Fsp3) is 0.538. The van der Waals surface area contributed by atoms with Gasteiger partial charge in [0, 0.05) is 36.7 Å². The Morgan fingerprint density at radius 3 is 3.00 bits per heavy atom. The maximum atomic E-state index is 13.2. The van der Waals surface area contributed by atoms with Gasteiger partial charge in [-0.3, -0.25) is 4.90 Å². The van der Waals surface area contributed by atoms with Gasteiger partial charge in [0.15, 0.2) is 0 Å². The van der Waals surface area contributed by atoms with Gasteiger partial charge >= 0.3 is 0 Å². The van der Waals surface area contributed by atoms with Crippen LogP contribution in [0.3, 0.4) is 0 Å². The van der Waals surface area contributed by atoms with Gasteiger partial charge in [-0.1, -0.05) is 11.6 Å². The Bertz CT molecular complexity index is 397. The molecule has 2 rings (SSSR count). The highest BCUT2D eigenvalue weighted by atomic mass is 35.5. The van der Waals surface area contributed by atoms with Crippen LogP contribution in [0.1, 0.15) is 19.4 Å². The first-order chi connectivity index (χ1) is 8.06. The van der Waals surface area contributed by atoms with Gasteiger partial charge in [-0.2, -0.15) is 0 Å². The maximum absolute atomic E-state index is 13.2. The standard InChI is InChI=1S/C13H18ClFN2/c1-9-7-17(10(2)6-16-9)8-11-5-12(15)3-4-13(11)14/h3-5,9-10,16H,6-8H2,1-2H3. The van der Waals surface area contributed by atoms with E-state index in [2.05, 4.69) is 24.1 Å². The van der Waals surface area contributed by atoms with Gasteiger partial charge < -0.3 is 5.32 Å². The van der Waals surface area contributed by atoms with E-state index in [9.17, 15) is 4.39 Å². The quantitative estimate of drug-likeness (QED) is 0.875. The van der Waals surface area contributed by atoms with Gasteiger partial charge in [0.05, 0.1) is 0 Å². The summed E-state index contributed by atoms with van der Waals surface area (Å²) in [7, 11) is 0. The van der Waals surface area contributed by atoms with Crippen molar-refractivity contribution in [3.63, 3.8) is 0 Å². The maximum Gasteiger partial charge on any atom is 0.123 e. The summed E-state index contributed by atoms with van der Waals surface area (Å²) in [4.78, 5) is 2.34. The number of piperazine rings is 1. The number of hydrogen-bond donors (Lipinski definition) is 1. The highest BCUT2D eigenvalue weighted by Crippen LogP contribution is 2.20. The predicted molar refractivity (Wildman–Crippen MR) is 68.7 cm³/mol.